The lowest BCUT2D eigenvalue weighted by atomic mass is 10.2. The van der Waals surface area contributed by atoms with Crippen molar-refractivity contribution in [2.45, 2.75) is 20.0 Å². The van der Waals surface area contributed by atoms with Crippen LogP contribution in [0, 0.1) is 6.92 Å². The fraction of sp³-hybridized carbons (Fsp3) is 0.267. The van der Waals surface area contributed by atoms with Gasteiger partial charge < -0.3 is 5.11 Å². The molecule has 20 heavy (non-hydrogen) atoms. The number of thiophene rings is 1. The zero-order valence-electron chi connectivity index (χ0n) is 11.4. The fourth-order valence-electron chi connectivity index (χ4n) is 2.03. The molecule has 1 aromatic heterocycles. The number of nitrogens with zero attached hydrogens (tertiary/aromatic N) is 1. The molecule has 0 aliphatic rings. The second-order valence-electron chi connectivity index (χ2n) is 4.80. The number of aryl methyl sites for hydroxylation is 1. The predicted molar refractivity (Wildman–Crippen MR) is 82.6 cm³/mol. The second kappa shape index (κ2) is 6.39. The van der Waals surface area contributed by atoms with Gasteiger partial charge in [0.15, 0.2) is 0 Å². The molecule has 0 unspecified atom stereocenters. The van der Waals surface area contributed by atoms with Crippen LogP contribution in [0.1, 0.15) is 25.7 Å². The molecule has 1 heterocycles. The number of hydrogen-bond donors (Lipinski definition) is 1. The van der Waals surface area contributed by atoms with Gasteiger partial charge in [0, 0.05) is 23.0 Å². The van der Waals surface area contributed by atoms with Crippen LogP contribution in [-0.4, -0.2) is 23.0 Å². The Kier molecular flexibility index (Phi) is 4.81. The largest absolute Gasteiger partial charge is 0.477 e. The molecule has 0 amide bonds. The molecule has 2 aromatic rings. The zero-order valence-corrected chi connectivity index (χ0v) is 13.0. The maximum absolute atomic E-state index is 11.0. The Bertz CT molecular complexity index is 607. The van der Waals surface area contributed by atoms with Crippen molar-refractivity contribution in [3.8, 4) is 0 Å². The van der Waals surface area contributed by atoms with Gasteiger partial charge in [-0.1, -0.05) is 23.7 Å². The Morgan fingerprint density at radius 1 is 1.30 bits per heavy atom. The summed E-state index contributed by atoms with van der Waals surface area (Å²) >= 11 is 7.19. The lowest BCUT2D eigenvalue weighted by molar-refractivity contribution is 0.0702. The summed E-state index contributed by atoms with van der Waals surface area (Å²) < 4.78 is 0. The van der Waals surface area contributed by atoms with Crippen LogP contribution in [0.15, 0.2) is 30.3 Å². The molecule has 3 nitrogen and oxygen atoms in total. The average Bonchev–Trinajstić information content (AvgIpc) is 2.74. The molecule has 0 saturated carbocycles. The molecular formula is C15H16ClNO2S. The van der Waals surface area contributed by atoms with Crippen LogP contribution < -0.4 is 0 Å². The third-order valence-electron chi connectivity index (χ3n) is 3.04. The van der Waals surface area contributed by atoms with Crippen molar-refractivity contribution < 1.29 is 9.90 Å². The molecule has 106 valence electrons. The highest BCUT2D eigenvalue weighted by atomic mass is 35.5. The molecule has 0 aliphatic carbocycles. The van der Waals surface area contributed by atoms with Crippen molar-refractivity contribution in [2.24, 2.45) is 0 Å². The maximum Gasteiger partial charge on any atom is 0.345 e. The van der Waals surface area contributed by atoms with Crippen LogP contribution in [0.25, 0.3) is 0 Å². The number of aromatic carboxylic acids is 1. The molecule has 5 heteroatoms. The van der Waals surface area contributed by atoms with Gasteiger partial charge in [0.2, 0.25) is 0 Å². The van der Waals surface area contributed by atoms with Crippen molar-refractivity contribution in [1.29, 1.82) is 0 Å². The standard InChI is InChI=1S/C15H16ClNO2S/c1-10-12(7-14(20-10)15(18)19)9-17(2)8-11-3-5-13(16)6-4-11/h3-7H,8-9H2,1-2H3,(H,18,19). The molecule has 0 fully saturated rings. The van der Waals surface area contributed by atoms with Crippen LogP contribution >= 0.6 is 22.9 Å². The third-order valence-corrected chi connectivity index (χ3v) is 4.37. The highest BCUT2D eigenvalue weighted by Crippen LogP contribution is 2.23. The van der Waals surface area contributed by atoms with E-state index in [-0.39, 0.29) is 0 Å². The summed E-state index contributed by atoms with van der Waals surface area (Å²) in [7, 11) is 2.02. The minimum atomic E-state index is -0.857. The van der Waals surface area contributed by atoms with Gasteiger partial charge in [-0.05, 0) is 43.3 Å². The van der Waals surface area contributed by atoms with Crippen molar-refractivity contribution in [3.63, 3.8) is 0 Å². The average molecular weight is 310 g/mol. The topological polar surface area (TPSA) is 40.5 Å². The van der Waals surface area contributed by atoms with Crippen molar-refractivity contribution in [3.05, 3.63) is 56.2 Å². The van der Waals surface area contributed by atoms with Gasteiger partial charge in [-0.2, -0.15) is 0 Å². The number of carboxylic acid groups (broad SMARTS) is 1. The van der Waals surface area contributed by atoms with E-state index in [9.17, 15) is 4.79 Å². The first-order valence-corrected chi connectivity index (χ1v) is 7.40. The molecule has 0 atom stereocenters. The Morgan fingerprint density at radius 2 is 1.95 bits per heavy atom. The van der Waals surface area contributed by atoms with E-state index in [1.54, 1.807) is 6.07 Å². The highest BCUT2D eigenvalue weighted by molar-refractivity contribution is 7.14. The number of rotatable bonds is 5. The quantitative estimate of drug-likeness (QED) is 0.906. The van der Waals surface area contributed by atoms with Gasteiger partial charge in [-0.3, -0.25) is 4.90 Å². The SMILES string of the molecule is Cc1sc(C(=O)O)cc1CN(C)Cc1ccc(Cl)cc1. The van der Waals surface area contributed by atoms with E-state index in [2.05, 4.69) is 4.90 Å². The lowest BCUT2D eigenvalue weighted by Crippen LogP contribution is -2.17. The maximum atomic E-state index is 11.0. The van der Waals surface area contributed by atoms with Crippen molar-refractivity contribution in [1.82, 2.24) is 4.90 Å². The number of carbonyl (C=O) groups is 1. The van der Waals surface area contributed by atoms with Crippen LogP contribution in [0.2, 0.25) is 5.02 Å². The number of halogens is 1. The second-order valence-corrected chi connectivity index (χ2v) is 6.49. The van der Waals surface area contributed by atoms with Crippen LogP contribution in [0.5, 0.6) is 0 Å². The van der Waals surface area contributed by atoms with Crippen LogP contribution in [-0.2, 0) is 13.1 Å². The molecule has 0 saturated heterocycles. The number of carboxylic acids is 1. The van der Waals surface area contributed by atoms with Crippen molar-refractivity contribution in [2.75, 3.05) is 7.05 Å². The van der Waals surface area contributed by atoms with Crippen LogP contribution in [0.3, 0.4) is 0 Å². The van der Waals surface area contributed by atoms with Gasteiger partial charge in [-0.25, -0.2) is 4.79 Å². The van der Waals surface area contributed by atoms with E-state index in [1.165, 1.54) is 16.9 Å². The van der Waals surface area contributed by atoms with E-state index >= 15 is 0 Å². The van der Waals surface area contributed by atoms with Gasteiger partial charge in [0.1, 0.15) is 4.88 Å². The summed E-state index contributed by atoms with van der Waals surface area (Å²) in [6, 6.07) is 9.52. The Morgan fingerprint density at radius 3 is 2.50 bits per heavy atom. The van der Waals surface area contributed by atoms with Gasteiger partial charge in [0.05, 0.1) is 0 Å². The van der Waals surface area contributed by atoms with E-state index in [0.717, 1.165) is 28.6 Å². The minimum absolute atomic E-state index is 0.400. The van der Waals surface area contributed by atoms with Crippen molar-refractivity contribution >= 4 is 28.9 Å². The molecule has 0 aliphatic heterocycles. The van der Waals surface area contributed by atoms with E-state index in [0.29, 0.717) is 4.88 Å². The summed E-state index contributed by atoms with van der Waals surface area (Å²) in [5.41, 5.74) is 2.26. The fourth-order valence-corrected chi connectivity index (χ4v) is 3.03. The van der Waals surface area contributed by atoms with Gasteiger partial charge >= 0.3 is 5.97 Å². The summed E-state index contributed by atoms with van der Waals surface area (Å²) in [5.74, 6) is -0.857. The summed E-state index contributed by atoms with van der Waals surface area (Å²) in [6.45, 7) is 3.50. The smallest absolute Gasteiger partial charge is 0.345 e. The molecule has 0 radical (unpaired) electrons. The molecule has 0 spiro atoms. The molecule has 2 rings (SSSR count). The Balaban J connectivity index is 2.02. The highest BCUT2D eigenvalue weighted by Gasteiger charge is 2.12. The minimum Gasteiger partial charge on any atom is -0.477 e. The first kappa shape index (κ1) is 15.0. The van der Waals surface area contributed by atoms with Crippen LogP contribution in [0.4, 0.5) is 0 Å². The number of benzene rings is 1. The first-order chi connectivity index (χ1) is 9.45. The normalized spacial score (nSPS) is 11.0. The van der Waals surface area contributed by atoms with E-state index in [1.807, 2.05) is 38.2 Å². The predicted octanol–water partition coefficient (Wildman–Crippen LogP) is 4.04. The van der Waals surface area contributed by atoms with Gasteiger partial charge in [0.25, 0.3) is 0 Å². The Hall–Kier alpha value is -1.36. The summed E-state index contributed by atoms with van der Waals surface area (Å²) in [5, 5.41) is 9.73. The Labute approximate surface area is 127 Å². The van der Waals surface area contributed by atoms with E-state index < -0.39 is 5.97 Å². The molecule has 1 aromatic carbocycles. The molecular weight excluding hydrogens is 294 g/mol. The monoisotopic (exact) mass is 309 g/mol. The lowest BCUT2D eigenvalue weighted by Gasteiger charge is -2.16. The third kappa shape index (κ3) is 3.82. The zero-order chi connectivity index (χ0) is 14.7. The van der Waals surface area contributed by atoms with Gasteiger partial charge in [-0.15, -0.1) is 11.3 Å². The van der Waals surface area contributed by atoms with E-state index in [4.69, 9.17) is 16.7 Å². The molecule has 0 bridgehead atoms. The number of hydrogen-bond acceptors (Lipinski definition) is 3. The summed E-state index contributed by atoms with van der Waals surface area (Å²) in [6.07, 6.45) is 0. The first-order valence-electron chi connectivity index (χ1n) is 6.21. The summed E-state index contributed by atoms with van der Waals surface area (Å²) in [4.78, 5) is 14.6. The molecule has 1 N–H and O–H groups in total.